The van der Waals surface area contributed by atoms with Crippen molar-refractivity contribution in [2.45, 2.75) is 25.5 Å². The van der Waals surface area contributed by atoms with E-state index in [1.54, 1.807) is 30.3 Å². The maximum absolute atomic E-state index is 13.6. The van der Waals surface area contributed by atoms with Gasteiger partial charge in [-0.2, -0.15) is 0 Å². The van der Waals surface area contributed by atoms with Crippen molar-refractivity contribution in [2.24, 2.45) is 0 Å². The van der Waals surface area contributed by atoms with E-state index in [1.165, 1.54) is 25.3 Å². The number of benzene rings is 2. The van der Waals surface area contributed by atoms with Gasteiger partial charge in [-0.15, -0.1) is 0 Å². The van der Waals surface area contributed by atoms with Gasteiger partial charge in [0.15, 0.2) is 6.04 Å². The molecule has 2 heterocycles. The van der Waals surface area contributed by atoms with Gasteiger partial charge in [-0.05, 0) is 55.8 Å². The standard InChI is InChI=1S/C25H23FN2O6/c1-25(2)17(11-20(34-25)21-16-9-8-15(26)10-18(16)27-23(21)31)13-4-6-14(7-5-13)22(30)28-19(12-29)24(32)33-3/h4-11,19,29H,12H2,1-3H3,(H,27,31)(H,28,30)/t19-/m0/s1. The molecule has 0 bridgehead atoms. The lowest BCUT2D eigenvalue weighted by Crippen LogP contribution is -2.44. The van der Waals surface area contributed by atoms with E-state index in [-0.39, 0.29) is 11.5 Å². The van der Waals surface area contributed by atoms with Crippen molar-refractivity contribution < 1.29 is 33.4 Å². The largest absolute Gasteiger partial charge is 0.482 e. The maximum atomic E-state index is 13.6. The Bertz CT molecular complexity index is 1250. The van der Waals surface area contributed by atoms with Gasteiger partial charge in [0.25, 0.3) is 11.8 Å². The number of allylic oxidation sites excluding steroid dienone is 1. The number of hydrogen-bond acceptors (Lipinski definition) is 6. The molecule has 0 spiro atoms. The molecular weight excluding hydrogens is 443 g/mol. The van der Waals surface area contributed by atoms with Gasteiger partial charge in [0.1, 0.15) is 17.2 Å². The predicted octanol–water partition coefficient (Wildman–Crippen LogP) is 2.65. The van der Waals surface area contributed by atoms with Gasteiger partial charge in [0, 0.05) is 16.7 Å². The van der Waals surface area contributed by atoms with Crippen LogP contribution in [0, 0.1) is 5.82 Å². The molecule has 34 heavy (non-hydrogen) atoms. The van der Waals surface area contributed by atoms with Gasteiger partial charge in [-0.3, -0.25) is 9.59 Å². The zero-order chi connectivity index (χ0) is 24.6. The smallest absolute Gasteiger partial charge is 0.330 e. The minimum absolute atomic E-state index is 0.285. The second kappa shape index (κ2) is 8.75. The number of hydrogen-bond donors (Lipinski definition) is 3. The SMILES string of the molecule is COC(=O)[C@H](CO)NC(=O)c1ccc(C2=CC(=C3C(=O)Nc4cc(F)ccc43)OC2(C)C)cc1. The highest BCUT2D eigenvalue weighted by atomic mass is 19.1. The number of fused-ring (bicyclic) bond motifs is 1. The van der Waals surface area contributed by atoms with Crippen molar-refractivity contribution in [3.8, 4) is 0 Å². The third-order valence-corrected chi connectivity index (χ3v) is 5.69. The molecule has 1 atom stereocenters. The number of anilines is 1. The van der Waals surface area contributed by atoms with Crippen LogP contribution in [0.1, 0.15) is 35.3 Å². The number of aliphatic hydroxyl groups is 1. The molecule has 0 aromatic heterocycles. The van der Waals surface area contributed by atoms with E-state index in [4.69, 9.17) is 4.74 Å². The van der Waals surface area contributed by atoms with Crippen molar-refractivity contribution >= 4 is 34.6 Å². The van der Waals surface area contributed by atoms with Crippen LogP contribution in [0.25, 0.3) is 11.1 Å². The van der Waals surface area contributed by atoms with Crippen LogP contribution in [0.2, 0.25) is 0 Å². The number of rotatable bonds is 5. The highest BCUT2D eigenvalue weighted by molar-refractivity contribution is 6.32. The van der Waals surface area contributed by atoms with E-state index in [9.17, 15) is 23.9 Å². The average molecular weight is 466 g/mol. The molecule has 0 fully saturated rings. The first-order valence-corrected chi connectivity index (χ1v) is 10.5. The summed E-state index contributed by atoms with van der Waals surface area (Å²) in [6.45, 7) is 3.12. The summed E-state index contributed by atoms with van der Waals surface area (Å²) in [7, 11) is 1.17. The van der Waals surface area contributed by atoms with Crippen molar-refractivity contribution in [3.63, 3.8) is 0 Å². The zero-order valence-corrected chi connectivity index (χ0v) is 18.8. The van der Waals surface area contributed by atoms with Crippen LogP contribution >= 0.6 is 0 Å². The molecule has 2 aliphatic heterocycles. The molecule has 9 heteroatoms. The summed E-state index contributed by atoms with van der Waals surface area (Å²) in [5.41, 5.74) is 2.34. The summed E-state index contributed by atoms with van der Waals surface area (Å²) in [4.78, 5) is 36.6. The molecule has 0 unspecified atom stereocenters. The van der Waals surface area contributed by atoms with E-state index in [2.05, 4.69) is 15.4 Å². The lowest BCUT2D eigenvalue weighted by atomic mass is 9.91. The lowest BCUT2D eigenvalue weighted by Gasteiger charge is -2.23. The fourth-order valence-corrected chi connectivity index (χ4v) is 3.97. The first-order valence-electron chi connectivity index (χ1n) is 10.5. The van der Waals surface area contributed by atoms with Gasteiger partial charge < -0.3 is 25.2 Å². The first kappa shape index (κ1) is 23.2. The third-order valence-electron chi connectivity index (χ3n) is 5.69. The minimum atomic E-state index is -1.16. The summed E-state index contributed by atoms with van der Waals surface area (Å²) < 4.78 is 24.2. The number of aliphatic hydroxyl groups excluding tert-OH is 1. The second-order valence-electron chi connectivity index (χ2n) is 8.36. The number of carbonyl (C=O) groups excluding carboxylic acids is 3. The molecule has 2 aromatic carbocycles. The minimum Gasteiger partial charge on any atom is -0.482 e. The molecular formula is C25H23FN2O6. The summed E-state index contributed by atoms with van der Waals surface area (Å²) in [6.07, 6.45) is 1.77. The van der Waals surface area contributed by atoms with Crippen LogP contribution in [0.15, 0.2) is 54.3 Å². The summed E-state index contributed by atoms with van der Waals surface area (Å²) >= 11 is 0. The third kappa shape index (κ3) is 4.17. The van der Waals surface area contributed by atoms with Gasteiger partial charge in [-0.25, -0.2) is 9.18 Å². The second-order valence-corrected chi connectivity index (χ2v) is 8.36. The molecule has 2 aromatic rings. The Morgan fingerprint density at radius 3 is 2.56 bits per heavy atom. The van der Waals surface area contributed by atoms with Gasteiger partial charge in [0.05, 0.1) is 25.0 Å². The quantitative estimate of drug-likeness (QED) is 0.461. The highest BCUT2D eigenvalue weighted by Crippen LogP contribution is 2.44. The number of amides is 2. The number of halogens is 1. The summed E-state index contributed by atoms with van der Waals surface area (Å²) in [5, 5.41) is 14.4. The van der Waals surface area contributed by atoms with Crippen molar-refractivity contribution in [1.29, 1.82) is 0 Å². The van der Waals surface area contributed by atoms with Crippen molar-refractivity contribution in [2.75, 3.05) is 19.0 Å². The monoisotopic (exact) mass is 466 g/mol. The van der Waals surface area contributed by atoms with Crippen molar-refractivity contribution in [3.05, 3.63) is 76.8 Å². The van der Waals surface area contributed by atoms with Gasteiger partial charge in [-0.1, -0.05) is 12.1 Å². The van der Waals surface area contributed by atoms with Crippen LogP contribution in [0.4, 0.5) is 10.1 Å². The van der Waals surface area contributed by atoms with E-state index < -0.39 is 35.9 Å². The number of ether oxygens (including phenoxy) is 2. The topological polar surface area (TPSA) is 114 Å². The van der Waals surface area contributed by atoms with Crippen molar-refractivity contribution in [1.82, 2.24) is 5.32 Å². The number of methoxy groups -OCH3 is 1. The van der Waals surface area contributed by atoms with Crippen LogP contribution in [-0.2, 0) is 19.1 Å². The van der Waals surface area contributed by atoms with Crippen LogP contribution < -0.4 is 10.6 Å². The lowest BCUT2D eigenvalue weighted by molar-refractivity contribution is -0.143. The Hall–Kier alpha value is -3.98. The van der Waals surface area contributed by atoms with Crippen LogP contribution in [0.3, 0.4) is 0 Å². The molecule has 3 N–H and O–H groups in total. The Kier molecular flexibility index (Phi) is 5.97. The normalized spacial score (nSPS) is 19.0. The Balaban J connectivity index is 1.63. The molecule has 0 saturated carbocycles. The molecule has 8 nitrogen and oxygen atoms in total. The Labute approximate surface area is 195 Å². The first-order chi connectivity index (χ1) is 16.1. The molecule has 0 radical (unpaired) electrons. The Morgan fingerprint density at radius 2 is 1.91 bits per heavy atom. The predicted molar refractivity (Wildman–Crippen MR) is 122 cm³/mol. The summed E-state index contributed by atoms with van der Waals surface area (Å²) in [6, 6.07) is 9.54. The number of nitrogens with one attached hydrogen (secondary N) is 2. The van der Waals surface area contributed by atoms with E-state index in [0.29, 0.717) is 22.6 Å². The van der Waals surface area contributed by atoms with Gasteiger partial charge in [0.2, 0.25) is 0 Å². The molecule has 176 valence electrons. The molecule has 4 rings (SSSR count). The van der Waals surface area contributed by atoms with E-state index in [1.807, 2.05) is 13.8 Å². The highest BCUT2D eigenvalue weighted by Gasteiger charge is 2.38. The molecule has 0 saturated heterocycles. The summed E-state index contributed by atoms with van der Waals surface area (Å²) in [5.74, 6) is -1.74. The van der Waals surface area contributed by atoms with Crippen LogP contribution in [0.5, 0.6) is 0 Å². The fourth-order valence-electron chi connectivity index (χ4n) is 3.97. The Morgan fingerprint density at radius 1 is 1.21 bits per heavy atom. The van der Waals surface area contributed by atoms with Crippen LogP contribution in [-0.4, -0.2) is 48.2 Å². The zero-order valence-electron chi connectivity index (χ0n) is 18.8. The number of esters is 1. The van der Waals surface area contributed by atoms with E-state index in [0.717, 1.165) is 11.1 Å². The average Bonchev–Trinajstić information content (AvgIpc) is 3.30. The fraction of sp³-hybridized carbons (Fsp3) is 0.240. The maximum Gasteiger partial charge on any atom is 0.330 e. The van der Waals surface area contributed by atoms with Gasteiger partial charge >= 0.3 is 5.97 Å². The van der Waals surface area contributed by atoms with E-state index >= 15 is 0 Å². The number of carbonyl (C=O) groups is 3. The molecule has 0 aliphatic carbocycles. The molecule has 2 aliphatic rings. The molecule has 2 amide bonds.